The summed E-state index contributed by atoms with van der Waals surface area (Å²) in [6, 6.07) is 3.83. The molecule has 0 aliphatic carbocycles. The Balaban J connectivity index is 2.90. The van der Waals surface area contributed by atoms with Crippen LogP contribution in [0.4, 0.5) is 0 Å². The summed E-state index contributed by atoms with van der Waals surface area (Å²) in [7, 11) is -2.39. The summed E-state index contributed by atoms with van der Waals surface area (Å²) in [6.07, 6.45) is 0.651. The molecule has 0 spiro atoms. The van der Waals surface area contributed by atoms with E-state index in [1.807, 2.05) is 6.92 Å². The van der Waals surface area contributed by atoms with Crippen LogP contribution in [0.25, 0.3) is 0 Å². The minimum absolute atomic E-state index is 0.0171. The molecule has 0 heterocycles. The van der Waals surface area contributed by atoms with Crippen molar-refractivity contribution in [3.8, 4) is 0 Å². The van der Waals surface area contributed by atoms with Gasteiger partial charge in [-0.25, -0.2) is 13.6 Å². The molecule has 0 saturated carbocycles. The fourth-order valence-electron chi connectivity index (χ4n) is 1.54. The molecule has 0 fully saturated rings. The van der Waals surface area contributed by atoms with Crippen LogP contribution < -0.4 is 10.5 Å². The molecule has 0 aliphatic rings. The zero-order valence-electron chi connectivity index (χ0n) is 11.2. The maximum Gasteiger partial charge on any atom is 0.251 e. The highest BCUT2D eigenvalue weighted by molar-refractivity contribution is 7.89. The van der Waals surface area contributed by atoms with Gasteiger partial charge in [-0.3, -0.25) is 4.79 Å². The lowest BCUT2D eigenvalue weighted by atomic mass is 10.2. The van der Waals surface area contributed by atoms with Crippen LogP contribution in [-0.2, 0) is 14.8 Å². The third-order valence-corrected chi connectivity index (χ3v) is 4.02. The number of sulfonamides is 1. The van der Waals surface area contributed by atoms with E-state index < -0.39 is 15.9 Å². The van der Waals surface area contributed by atoms with Crippen LogP contribution in [0.15, 0.2) is 23.1 Å². The van der Waals surface area contributed by atoms with Gasteiger partial charge in [0.1, 0.15) is 4.90 Å². The van der Waals surface area contributed by atoms with Gasteiger partial charge in [-0.2, -0.15) is 0 Å². The Kier molecular flexibility index (Phi) is 5.94. The highest BCUT2D eigenvalue weighted by Crippen LogP contribution is 2.21. The van der Waals surface area contributed by atoms with Gasteiger partial charge in [0.25, 0.3) is 5.91 Å². The van der Waals surface area contributed by atoms with Crippen LogP contribution in [0.3, 0.4) is 0 Å². The number of benzene rings is 1. The molecule has 0 aliphatic heterocycles. The average Bonchev–Trinajstić information content (AvgIpc) is 2.35. The van der Waals surface area contributed by atoms with Gasteiger partial charge < -0.3 is 10.1 Å². The topological polar surface area (TPSA) is 98.5 Å². The van der Waals surface area contributed by atoms with Crippen molar-refractivity contribution >= 4 is 27.5 Å². The second kappa shape index (κ2) is 7.03. The summed E-state index contributed by atoms with van der Waals surface area (Å²) in [5.74, 6) is -0.393. The molecule has 0 aromatic heterocycles. The first-order valence-corrected chi connectivity index (χ1v) is 7.80. The predicted molar refractivity (Wildman–Crippen MR) is 76.2 cm³/mol. The highest BCUT2D eigenvalue weighted by Gasteiger charge is 2.17. The van der Waals surface area contributed by atoms with E-state index in [0.29, 0.717) is 13.0 Å². The van der Waals surface area contributed by atoms with E-state index >= 15 is 0 Å². The molecule has 6 nitrogen and oxygen atoms in total. The van der Waals surface area contributed by atoms with Crippen molar-refractivity contribution in [3.05, 3.63) is 28.8 Å². The zero-order valence-corrected chi connectivity index (χ0v) is 12.8. The van der Waals surface area contributed by atoms with E-state index in [4.69, 9.17) is 21.5 Å². The zero-order chi connectivity index (χ0) is 15.3. The van der Waals surface area contributed by atoms with Gasteiger partial charge in [-0.15, -0.1) is 0 Å². The number of halogens is 1. The van der Waals surface area contributed by atoms with Crippen molar-refractivity contribution in [3.63, 3.8) is 0 Å². The lowest BCUT2D eigenvalue weighted by molar-refractivity contribution is 0.0929. The summed E-state index contributed by atoms with van der Waals surface area (Å²) in [6.45, 7) is 2.35. The largest absolute Gasteiger partial charge is 0.385 e. The molecule has 1 atom stereocenters. The summed E-state index contributed by atoms with van der Waals surface area (Å²) in [4.78, 5) is 11.7. The minimum atomic E-state index is -3.96. The molecular formula is C12H17ClN2O4S. The fourth-order valence-corrected chi connectivity index (χ4v) is 2.61. The van der Waals surface area contributed by atoms with E-state index in [0.717, 1.165) is 6.07 Å². The smallest absolute Gasteiger partial charge is 0.251 e. The number of hydrogen-bond donors (Lipinski definition) is 2. The number of amides is 1. The number of ether oxygens (including phenoxy) is 1. The number of nitrogens with one attached hydrogen (secondary N) is 1. The summed E-state index contributed by atoms with van der Waals surface area (Å²) in [5, 5.41) is 7.75. The lowest BCUT2D eigenvalue weighted by Gasteiger charge is -2.14. The molecular weight excluding hydrogens is 304 g/mol. The number of primary sulfonamides is 1. The SMILES string of the molecule is COCCC(C)NC(=O)c1ccc(Cl)c(S(N)(=O)=O)c1. The third kappa shape index (κ3) is 4.75. The maximum atomic E-state index is 12.0. The average molecular weight is 321 g/mol. The fraction of sp³-hybridized carbons (Fsp3) is 0.417. The lowest BCUT2D eigenvalue weighted by Crippen LogP contribution is -2.33. The van der Waals surface area contributed by atoms with E-state index in [9.17, 15) is 13.2 Å². The quantitative estimate of drug-likeness (QED) is 0.821. The molecule has 1 rings (SSSR count). The first-order valence-electron chi connectivity index (χ1n) is 5.88. The Hall–Kier alpha value is -1.15. The highest BCUT2D eigenvalue weighted by atomic mass is 35.5. The molecule has 1 amide bonds. The van der Waals surface area contributed by atoms with E-state index in [1.165, 1.54) is 12.1 Å². The molecule has 1 aromatic rings. The predicted octanol–water partition coefficient (Wildman–Crippen LogP) is 1.14. The van der Waals surface area contributed by atoms with Crippen molar-refractivity contribution in [1.29, 1.82) is 0 Å². The number of rotatable bonds is 6. The molecule has 8 heteroatoms. The summed E-state index contributed by atoms with van der Waals surface area (Å²) < 4.78 is 27.6. The van der Waals surface area contributed by atoms with Gasteiger partial charge >= 0.3 is 0 Å². The third-order valence-electron chi connectivity index (χ3n) is 2.63. The first-order chi connectivity index (χ1) is 9.25. The van der Waals surface area contributed by atoms with Gasteiger partial charge in [-0.05, 0) is 31.5 Å². The Morgan fingerprint density at radius 3 is 2.70 bits per heavy atom. The first kappa shape index (κ1) is 16.9. The van der Waals surface area contributed by atoms with Gasteiger partial charge in [-0.1, -0.05) is 11.6 Å². The van der Waals surface area contributed by atoms with Crippen LogP contribution in [0.5, 0.6) is 0 Å². The summed E-state index contributed by atoms with van der Waals surface area (Å²) in [5.41, 5.74) is 0.183. The van der Waals surface area contributed by atoms with Gasteiger partial charge in [0.2, 0.25) is 10.0 Å². The van der Waals surface area contributed by atoms with Crippen molar-refractivity contribution in [1.82, 2.24) is 5.32 Å². The molecule has 0 saturated heterocycles. The van der Waals surface area contributed by atoms with Crippen molar-refractivity contribution < 1.29 is 17.9 Å². The number of methoxy groups -OCH3 is 1. The molecule has 112 valence electrons. The molecule has 1 unspecified atom stereocenters. The van der Waals surface area contributed by atoms with Crippen LogP contribution in [0, 0.1) is 0 Å². The van der Waals surface area contributed by atoms with Gasteiger partial charge in [0, 0.05) is 25.3 Å². The Bertz CT molecular complexity index is 589. The molecule has 20 heavy (non-hydrogen) atoms. The monoisotopic (exact) mass is 320 g/mol. The molecule has 0 bridgehead atoms. The Morgan fingerprint density at radius 1 is 1.50 bits per heavy atom. The Morgan fingerprint density at radius 2 is 2.15 bits per heavy atom. The van der Waals surface area contributed by atoms with Crippen LogP contribution in [-0.4, -0.2) is 34.1 Å². The number of hydrogen-bond acceptors (Lipinski definition) is 4. The van der Waals surface area contributed by atoms with Crippen LogP contribution in [0.1, 0.15) is 23.7 Å². The second-order valence-electron chi connectivity index (χ2n) is 4.35. The van der Waals surface area contributed by atoms with Crippen molar-refractivity contribution in [2.24, 2.45) is 5.14 Å². The molecule has 1 aromatic carbocycles. The Labute approximate surface area is 123 Å². The van der Waals surface area contributed by atoms with Crippen molar-refractivity contribution in [2.45, 2.75) is 24.3 Å². The second-order valence-corrected chi connectivity index (χ2v) is 6.28. The van der Waals surface area contributed by atoms with Crippen molar-refractivity contribution in [2.75, 3.05) is 13.7 Å². The maximum absolute atomic E-state index is 12.0. The standard InChI is InChI=1S/C12H17ClN2O4S/c1-8(5-6-19-2)15-12(16)9-3-4-10(13)11(7-9)20(14,17)18/h3-4,7-8H,5-6H2,1-2H3,(H,15,16)(H2,14,17,18). The van der Waals surface area contributed by atoms with Gasteiger partial charge in [0.05, 0.1) is 5.02 Å². The summed E-state index contributed by atoms with van der Waals surface area (Å²) >= 11 is 5.75. The van der Waals surface area contributed by atoms with E-state index in [2.05, 4.69) is 5.32 Å². The van der Waals surface area contributed by atoms with Crippen LogP contribution in [0.2, 0.25) is 5.02 Å². The minimum Gasteiger partial charge on any atom is -0.385 e. The molecule has 3 N–H and O–H groups in total. The van der Waals surface area contributed by atoms with Gasteiger partial charge in [0.15, 0.2) is 0 Å². The number of carbonyl (C=O) groups excluding carboxylic acids is 1. The molecule has 0 radical (unpaired) electrons. The number of carbonyl (C=O) groups is 1. The number of nitrogens with two attached hydrogens (primary N) is 1. The van der Waals surface area contributed by atoms with E-state index in [-0.39, 0.29) is 21.5 Å². The normalized spacial score (nSPS) is 13.0. The van der Waals surface area contributed by atoms with E-state index in [1.54, 1.807) is 7.11 Å². The van der Waals surface area contributed by atoms with Crippen LogP contribution >= 0.6 is 11.6 Å².